The van der Waals surface area contributed by atoms with Crippen LogP contribution in [0.4, 0.5) is 0 Å². The first-order chi connectivity index (χ1) is 9.51. The zero-order chi connectivity index (χ0) is 14.6. The second-order valence-corrected chi connectivity index (χ2v) is 7.55. The second kappa shape index (κ2) is 6.70. The zero-order valence-electron chi connectivity index (χ0n) is 11.8. The van der Waals surface area contributed by atoms with Crippen LogP contribution in [-0.2, 0) is 20.4 Å². The van der Waals surface area contributed by atoms with Crippen molar-refractivity contribution in [3.05, 3.63) is 0 Å². The Labute approximate surface area is 122 Å². The SMILES string of the molecule is O=C(O)CC1(CS(=O)CC(=O)N2CCCCCC2)CC1. The van der Waals surface area contributed by atoms with Gasteiger partial charge in [-0.1, -0.05) is 12.8 Å². The van der Waals surface area contributed by atoms with Gasteiger partial charge in [-0.3, -0.25) is 13.8 Å². The minimum atomic E-state index is -1.24. The van der Waals surface area contributed by atoms with Crippen LogP contribution < -0.4 is 0 Å². The van der Waals surface area contributed by atoms with Gasteiger partial charge in [-0.05, 0) is 31.1 Å². The van der Waals surface area contributed by atoms with E-state index in [4.69, 9.17) is 5.11 Å². The van der Waals surface area contributed by atoms with E-state index in [9.17, 15) is 13.8 Å². The van der Waals surface area contributed by atoms with Crippen molar-refractivity contribution in [3.8, 4) is 0 Å². The Hall–Kier alpha value is -0.910. The molecule has 20 heavy (non-hydrogen) atoms. The van der Waals surface area contributed by atoms with E-state index in [0.29, 0.717) is 5.75 Å². The molecular weight excluding hydrogens is 278 g/mol. The molecule has 1 aliphatic carbocycles. The Morgan fingerprint density at radius 1 is 1.10 bits per heavy atom. The van der Waals surface area contributed by atoms with E-state index < -0.39 is 16.8 Å². The average molecular weight is 301 g/mol. The van der Waals surface area contributed by atoms with Gasteiger partial charge in [0.05, 0.1) is 6.42 Å². The van der Waals surface area contributed by atoms with E-state index in [-0.39, 0.29) is 23.5 Å². The molecule has 1 aliphatic heterocycles. The molecule has 0 aromatic carbocycles. The largest absolute Gasteiger partial charge is 0.481 e. The first kappa shape index (κ1) is 15.5. The van der Waals surface area contributed by atoms with Gasteiger partial charge in [0.2, 0.25) is 5.91 Å². The molecule has 5 nitrogen and oxygen atoms in total. The van der Waals surface area contributed by atoms with Crippen molar-refractivity contribution >= 4 is 22.7 Å². The highest BCUT2D eigenvalue weighted by Gasteiger charge is 2.45. The fraction of sp³-hybridized carbons (Fsp3) is 0.857. The van der Waals surface area contributed by atoms with Crippen molar-refractivity contribution in [2.45, 2.75) is 44.9 Å². The van der Waals surface area contributed by atoms with Gasteiger partial charge < -0.3 is 10.0 Å². The fourth-order valence-corrected chi connectivity index (χ4v) is 4.45. The summed E-state index contributed by atoms with van der Waals surface area (Å²) in [6.07, 6.45) is 6.11. The molecular formula is C14H23NO4S. The van der Waals surface area contributed by atoms with E-state index in [1.807, 2.05) is 4.90 Å². The van der Waals surface area contributed by atoms with Crippen LogP contribution in [0.5, 0.6) is 0 Å². The molecule has 1 heterocycles. The summed E-state index contributed by atoms with van der Waals surface area (Å²) >= 11 is 0. The quantitative estimate of drug-likeness (QED) is 0.804. The molecule has 2 fully saturated rings. The maximum absolute atomic E-state index is 12.1. The van der Waals surface area contributed by atoms with Gasteiger partial charge in [-0.25, -0.2) is 0 Å². The number of likely N-dealkylation sites (tertiary alicyclic amines) is 1. The molecule has 0 aromatic heterocycles. The molecule has 6 heteroatoms. The molecule has 1 N–H and O–H groups in total. The van der Waals surface area contributed by atoms with E-state index in [0.717, 1.165) is 51.6 Å². The van der Waals surface area contributed by atoms with Crippen molar-refractivity contribution in [1.29, 1.82) is 0 Å². The van der Waals surface area contributed by atoms with Gasteiger partial charge in [-0.2, -0.15) is 0 Å². The second-order valence-electron chi connectivity index (χ2n) is 6.09. The molecule has 1 atom stereocenters. The van der Waals surface area contributed by atoms with Gasteiger partial charge in [0, 0.05) is 29.6 Å². The summed E-state index contributed by atoms with van der Waals surface area (Å²) in [5, 5.41) is 8.84. The third-order valence-corrected chi connectivity index (χ3v) is 5.70. The van der Waals surface area contributed by atoms with Gasteiger partial charge >= 0.3 is 5.97 Å². The number of amides is 1. The number of rotatable bonds is 6. The monoisotopic (exact) mass is 301 g/mol. The summed E-state index contributed by atoms with van der Waals surface area (Å²) in [6.45, 7) is 1.55. The lowest BCUT2D eigenvalue weighted by Gasteiger charge is -2.20. The van der Waals surface area contributed by atoms with Crippen LogP contribution >= 0.6 is 0 Å². The van der Waals surface area contributed by atoms with Crippen LogP contribution in [0, 0.1) is 5.41 Å². The number of carboxylic acid groups (broad SMARTS) is 1. The number of carboxylic acids is 1. The van der Waals surface area contributed by atoms with Crippen LogP contribution in [-0.4, -0.2) is 50.7 Å². The summed E-state index contributed by atoms with van der Waals surface area (Å²) in [7, 11) is -1.24. The van der Waals surface area contributed by atoms with Crippen molar-refractivity contribution < 1.29 is 18.9 Å². The highest BCUT2D eigenvalue weighted by molar-refractivity contribution is 7.85. The van der Waals surface area contributed by atoms with E-state index in [2.05, 4.69) is 0 Å². The van der Waals surface area contributed by atoms with E-state index >= 15 is 0 Å². The Morgan fingerprint density at radius 3 is 2.20 bits per heavy atom. The molecule has 0 radical (unpaired) electrons. The van der Waals surface area contributed by atoms with Gasteiger partial charge in [0.15, 0.2) is 0 Å². The minimum absolute atomic E-state index is 0.0311. The molecule has 1 amide bonds. The summed E-state index contributed by atoms with van der Waals surface area (Å²) in [5.74, 6) is -0.449. The third kappa shape index (κ3) is 4.58. The molecule has 1 saturated carbocycles. The van der Waals surface area contributed by atoms with Crippen molar-refractivity contribution in [2.24, 2.45) is 5.41 Å². The average Bonchev–Trinajstić information content (AvgIpc) is 3.11. The number of aliphatic carboxylic acids is 1. The van der Waals surface area contributed by atoms with Crippen LogP contribution in [0.25, 0.3) is 0 Å². The summed E-state index contributed by atoms with van der Waals surface area (Å²) < 4.78 is 12.1. The standard InChI is InChI=1S/C14H23NO4S/c16-12(15-7-3-1-2-4-8-15)10-20(19)11-14(5-6-14)9-13(17)18/h1-11H2,(H,17,18). The highest BCUT2D eigenvalue weighted by atomic mass is 32.2. The number of nitrogens with zero attached hydrogens (tertiary/aromatic N) is 1. The molecule has 2 rings (SSSR count). The normalized spacial score (nSPS) is 22.9. The first-order valence-electron chi connectivity index (χ1n) is 7.35. The number of carbonyl (C=O) groups is 2. The number of hydrogen-bond donors (Lipinski definition) is 1. The minimum Gasteiger partial charge on any atom is -0.481 e. The zero-order valence-corrected chi connectivity index (χ0v) is 12.6. The summed E-state index contributed by atoms with van der Waals surface area (Å²) in [5.41, 5.74) is -0.296. The van der Waals surface area contributed by atoms with Gasteiger partial charge in [-0.15, -0.1) is 0 Å². The highest BCUT2D eigenvalue weighted by Crippen LogP contribution is 2.49. The Morgan fingerprint density at radius 2 is 1.70 bits per heavy atom. The Kier molecular flexibility index (Phi) is 5.18. The molecule has 114 valence electrons. The van der Waals surface area contributed by atoms with Crippen LogP contribution in [0.15, 0.2) is 0 Å². The predicted molar refractivity (Wildman–Crippen MR) is 76.8 cm³/mol. The third-order valence-electron chi connectivity index (χ3n) is 4.19. The topological polar surface area (TPSA) is 74.7 Å². The molecule has 0 bridgehead atoms. The lowest BCUT2D eigenvalue weighted by Crippen LogP contribution is -2.36. The Balaban J connectivity index is 1.79. The Bertz CT molecular complexity index is 398. The lowest BCUT2D eigenvalue weighted by atomic mass is 10.1. The molecule has 0 spiro atoms. The maximum Gasteiger partial charge on any atom is 0.303 e. The number of hydrogen-bond acceptors (Lipinski definition) is 3. The van der Waals surface area contributed by atoms with Crippen LogP contribution in [0.3, 0.4) is 0 Å². The molecule has 1 saturated heterocycles. The van der Waals surface area contributed by atoms with Gasteiger partial charge in [0.25, 0.3) is 0 Å². The summed E-state index contributed by atoms with van der Waals surface area (Å²) in [4.78, 5) is 24.7. The van der Waals surface area contributed by atoms with Crippen LogP contribution in [0.1, 0.15) is 44.9 Å². The smallest absolute Gasteiger partial charge is 0.303 e. The van der Waals surface area contributed by atoms with E-state index in [1.54, 1.807) is 0 Å². The summed E-state index contributed by atoms with van der Waals surface area (Å²) in [6, 6.07) is 0. The first-order valence-corrected chi connectivity index (χ1v) is 8.84. The number of carbonyl (C=O) groups excluding carboxylic acids is 1. The molecule has 1 unspecified atom stereocenters. The molecule has 2 aliphatic rings. The van der Waals surface area contributed by atoms with E-state index in [1.165, 1.54) is 0 Å². The fourth-order valence-electron chi connectivity index (χ4n) is 2.81. The predicted octanol–water partition coefficient (Wildman–Crippen LogP) is 1.39. The van der Waals surface area contributed by atoms with Crippen molar-refractivity contribution in [2.75, 3.05) is 24.6 Å². The van der Waals surface area contributed by atoms with Gasteiger partial charge in [0.1, 0.15) is 5.75 Å². The maximum atomic E-state index is 12.1. The lowest BCUT2D eigenvalue weighted by molar-refractivity contribution is -0.138. The molecule has 0 aromatic rings. The van der Waals surface area contributed by atoms with Crippen molar-refractivity contribution in [1.82, 2.24) is 4.90 Å². The van der Waals surface area contributed by atoms with Crippen molar-refractivity contribution in [3.63, 3.8) is 0 Å². The van der Waals surface area contributed by atoms with Crippen LogP contribution in [0.2, 0.25) is 0 Å².